The second-order valence-corrected chi connectivity index (χ2v) is 6.30. The lowest BCUT2D eigenvalue weighted by Crippen LogP contribution is -2.44. The quantitative estimate of drug-likeness (QED) is 0.725. The number of methoxy groups -OCH3 is 1. The Morgan fingerprint density at radius 2 is 2.04 bits per heavy atom. The van der Waals surface area contributed by atoms with E-state index in [-0.39, 0.29) is 17.8 Å². The lowest BCUT2D eigenvalue weighted by molar-refractivity contribution is -0.150. The maximum atomic E-state index is 12.3. The fraction of sp³-hybridized carbons (Fsp3) is 0.579. The number of carbonyl (C=O) groups is 2. The van der Waals surface area contributed by atoms with Crippen LogP contribution in [-0.4, -0.2) is 50.1 Å². The molecule has 6 heteroatoms. The molecule has 2 rings (SSSR count). The molecule has 1 fully saturated rings. The molecule has 0 bridgehead atoms. The van der Waals surface area contributed by atoms with Crippen molar-refractivity contribution in [1.82, 2.24) is 10.2 Å². The second kappa shape index (κ2) is 10.2. The average Bonchev–Trinajstić information content (AvgIpc) is 2.62. The number of amides is 1. The van der Waals surface area contributed by atoms with Gasteiger partial charge in [-0.1, -0.05) is 24.3 Å². The standard InChI is InChI=1S/C19H28N2O4/c1-3-25-19(23)16-9-6-10-21(12-16)13-18(22)20-11-15-7-4-5-8-17(15)14-24-2/h4-5,7-8,16H,3,6,9-14H2,1-2H3,(H,20,22). The van der Waals surface area contributed by atoms with Gasteiger partial charge in [-0.05, 0) is 37.4 Å². The highest BCUT2D eigenvalue weighted by Crippen LogP contribution is 2.17. The van der Waals surface area contributed by atoms with Crippen molar-refractivity contribution in [2.24, 2.45) is 5.92 Å². The van der Waals surface area contributed by atoms with Gasteiger partial charge in [0.15, 0.2) is 0 Å². The zero-order valence-electron chi connectivity index (χ0n) is 15.1. The van der Waals surface area contributed by atoms with E-state index in [0.29, 0.717) is 32.8 Å². The number of likely N-dealkylation sites (tertiary alicyclic amines) is 1. The number of piperidine rings is 1. The van der Waals surface area contributed by atoms with Gasteiger partial charge in [0, 0.05) is 20.2 Å². The van der Waals surface area contributed by atoms with Crippen molar-refractivity contribution in [3.8, 4) is 0 Å². The number of hydrogen-bond donors (Lipinski definition) is 1. The van der Waals surface area contributed by atoms with E-state index in [2.05, 4.69) is 5.32 Å². The van der Waals surface area contributed by atoms with Gasteiger partial charge in [-0.15, -0.1) is 0 Å². The number of benzene rings is 1. The zero-order valence-corrected chi connectivity index (χ0v) is 15.1. The fourth-order valence-electron chi connectivity index (χ4n) is 3.13. The Kier molecular flexibility index (Phi) is 7.88. The summed E-state index contributed by atoms with van der Waals surface area (Å²) in [6.45, 7) is 4.95. The van der Waals surface area contributed by atoms with Crippen molar-refractivity contribution in [1.29, 1.82) is 0 Å². The second-order valence-electron chi connectivity index (χ2n) is 6.30. The summed E-state index contributed by atoms with van der Waals surface area (Å²) >= 11 is 0. The van der Waals surface area contributed by atoms with Crippen LogP contribution in [-0.2, 0) is 32.2 Å². The van der Waals surface area contributed by atoms with E-state index in [1.807, 2.05) is 36.1 Å². The molecule has 1 atom stereocenters. The largest absolute Gasteiger partial charge is 0.466 e. The lowest BCUT2D eigenvalue weighted by Gasteiger charge is -2.30. The van der Waals surface area contributed by atoms with Crippen LogP contribution in [0.3, 0.4) is 0 Å². The molecule has 1 amide bonds. The molecule has 25 heavy (non-hydrogen) atoms. The Morgan fingerprint density at radius 1 is 1.28 bits per heavy atom. The lowest BCUT2D eigenvalue weighted by atomic mass is 9.98. The molecule has 6 nitrogen and oxygen atoms in total. The van der Waals surface area contributed by atoms with Crippen LogP contribution >= 0.6 is 0 Å². The third kappa shape index (κ3) is 6.14. The van der Waals surface area contributed by atoms with E-state index in [1.165, 1.54) is 0 Å². The first-order valence-corrected chi connectivity index (χ1v) is 8.85. The minimum atomic E-state index is -0.152. The third-order valence-electron chi connectivity index (χ3n) is 4.39. The third-order valence-corrected chi connectivity index (χ3v) is 4.39. The number of rotatable bonds is 8. The van der Waals surface area contributed by atoms with Gasteiger partial charge in [-0.3, -0.25) is 14.5 Å². The number of nitrogens with one attached hydrogen (secondary N) is 1. The average molecular weight is 348 g/mol. The van der Waals surface area contributed by atoms with Gasteiger partial charge in [-0.2, -0.15) is 0 Å². The Hall–Kier alpha value is -1.92. The van der Waals surface area contributed by atoms with Crippen LogP contribution in [0.4, 0.5) is 0 Å². The van der Waals surface area contributed by atoms with Gasteiger partial charge in [0.05, 0.1) is 25.7 Å². The molecule has 1 saturated heterocycles. The zero-order chi connectivity index (χ0) is 18.1. The van der Waals surface area contributed by atoms with Gasteiger partial charge < -0.3 is 14.8 Å². The van der Waals surface area contributed by atoms with Gasteiger partial charge in [0.25, 0.3) is 0 Å². The van der Waals surface area contributed by atoms with Gasteiger partial charge >= 0.3 is 5.97 Å². The van der Waals surface area contributed by atoms with Crippen molar-refractivity contribution in [3.63, 3.8) is 0 Å². The van der Waals surface area contributed by atoms with Crippen molar-refractivity contribution >= 4 is 11.9 Å². The first kappa shape index (κ1) is 19.4. The first-order chi connectivity index (χ1) is 12.1. The van der Waals surface area contributed by atoms with E-state index < -0.39 is 0 Å². The molecular weight excluding hydrogens is 320 g/mol. The minimum Gasteiger partial charge on any atom is -0.466 e. The van der Waals surface area contributed by atoms with E-state index in [0.717, 1.165) is 30.5 Å². The molecule has 1 unspecified atom stereocenters. The molecule has 0 spiro atoms. The first-order valence-electron chi connectivity index (χ1n) is 8.85. The summed E-state index contributed by atoms with van der Waals surface area (Å²) in [4.78, 5) is 26.2. The normalized spacial score (nSPS) is 17.9. The molecule has 138 valence electrons. The van der Waals surface area contributed by atoms with Crippen LogP contribution in [0.15, 0.2) is 24.3 Å². The van der Waals surface area contributed by atoms with Crippen LogP contribution in [0, 0.1) is 5.92 Å². The topological polar surface area (TPSA) is 67.9 Å². The minimum absolute atomic E-state index is 0.0308. The summed E-state index contributed by atoms with van der Waals surface area (Å²) in [6.07, 6.45) is 1.74. The van der Waals surface area contributed by atoms with Crippen LogP contribution in [0.2, 0.25) is 0 Å². The molecule has 1 aromatic rings. The maximum Gasteiger partial charge on any atom is 0.310 e. The highest BCUT2D eigenvalue weighted by atomic mass is 16.5. The highest BCUT2D eigenvalue weighted by Gasteiger charge is 2.27. The maximum absolute atomic E-state index is 12.3. The van der Waals surface area contributed by atoms with E-state index in [1.54, 1.807) is 7.11 Å². The Balaban J connectivity index is 1.81. The van der Waals surface area contributed by atoms with Gasteiger partial charge in [-0.25, -0.2) is 0 Å². The summed E-state index contributed by atoms with van der Waals surface area (Å²) in [5.41, 5.74) is 2.13. The van der Waals surface area contributed by atoms with Crippen molar-refractivity contribution in [2.75, 3.05) is 33.4 Å². The summed E-state index contributed by atoms with van der Waals surface area (Å²) in [5, 5.41) is 2.96. The van der Waals surface area contributed by atoms with E-state index in [4.69, 9.17) is 9.47 Å². The number of carbonyl (C=O) groups excluding carboxylic acids is 2. The molecule has 1 N–H and O–H groups in total. The van der Waals surface area contributed by atoms with Crippen molar-refractivity contribution < 1.29 is 19.1 Å². The summed E-state index contributed by atoms with van der Waals surface area (Å²) in [7, 11) is 1.66. The molecule has 0 radical (unpaired) electrons. The predicted octanol–water partition coefficient (Wildman–Crippen LogP) is 1.72. The van der Waals surface area contributed by atoms with Crippen LogP contribution < -0.4 is 5.32 Å². The summed E-state index contributed by atoms with van der Waals surface area (Å²) in [6, 6.07) is 7.91. The molecular formula is C19H28N2O4. The Morgan fingerprint density at radius 3 is 2.76 bits per heavy atom. The summed E-state index contributed by atoms with van der Waals surface area (Å²) in [5.74, 6) is -0.304. The number of nitrogens with zero attached hydrogens (tertiary/aromatic N) is 1. The smallest absolute Gasteiger partial charge is 0.310 e. The van der Waals surface area contributed by atoms with Crippen LogP contribution in [0.1, 0.15) is 30.9 Å². The SMILES string of the molecule is CCOC(=O)C1CCCN(CC(=O)NCc2ccccc2COC)C1. The number of esters is 1. The van der Waals surface area contributed by atoms with E-state index in [9.17, 15) is 9.59 Å². The van der Waals surface area contributed by atoms with Crippen LogP contribution in [0.25, 0.3) is 0 Å². The van der Waals surface area contributed by atoms with Crippen molar-refractivity contribution in [2.45, 2.75) is 32.9 Å². The molecule has 1 aliphatic heterocycles. The monoisotopic (exact) mass is 348 g/mol. The highest BCUT2D eigenvalue weighted by molar-refractivity contribution is 5.78. The molecule has 1 aliphatic rings. The molecule has 0 aliphatic carbocycles. The van der Waals surface area contributed by atoms with Crippen molar-refractivity contribution in [3.05, 3.63) is 35.4 Å². The van der Waals surface area contributed by atoms with E-state index >= 15 is 0 Å². The number of hydrogen-bond acceptors (Lipinski definition) is 5. The molecule has 1 aromatic carbocycles. The van der Waals surface area contributed by atoms with Gasteiger partial charge in [0.2, 0.25) is 5.91 Å². The number of ether oxygens (including phenoxy) is 2. The summed E-state index contributed by atoms with van der Waals surface area (Å²) < 4.78 is 10.3. The predicted molar refractivity (Wildman–Crippen MR) is 94.8 cm³/mol. The van der Waals surface area contributed by atoms with Gasteiger partial charge in [0.1, 0.15) is 0 Å². The van der Waals surface area contributed by atoms with Crippen LogP contribution in [0.5, 0.6) is 0 Å². The molecule has 0 saturated carbocycles. The fourth-order valence-corrected chi connectivity index (χ4v) is 3.13. The molecule has 1 heterocycles. The Labute approximate surface area is 149 Å². The Bertz CT molecular complexity index is 576. The molecule has 0 aromatic heterocycles.